The summed E-state index contributed by atoms with van der Waals surface area (Å²) in [7, 11) is 0. The number of fused-ring (bicyclic) bond motifs is 1. The largest absolute Gasteiger partial charge is 0.296 e. The van der Waals surface area contributed by atoms with Gasteiger partial charge in [-0.2, -0.15) is 5.10 Å². The Balaban J connectivity index is 1.58. The van der Waals surface area contributed by atoms with Crippen LogP contribution in [0.25, 0.3) is 15.9 Å². The van der Waals surface area contributed by atoms with Gasteiger partial charge < -0.3 is 0 Å². The fourth-order valence-electron chi connectivity index (χ4n) is 2.47. The van der Waals surface area contributed by atoms with E-state index in [1.54, 1.807) is 16.9 Å². The molecule has 2 aromatic carbocycles. The maximum atomic E-state index is 12.4. The van der Waals surface area contributed by atoms with Gasteiger partial charge in [-0.3, -0.25) is 10.1 Å². The van der Waals surface area contributed by atoms with Crippen LogP contribution in [0.4, 0.5) is 5.13 Å². The van der Waals surface area contributed by atoms with E-state index in [4.69, 9.17) is 0 Å². The molecule has 0 aliphatic rings. The molecule has 0 atom stereocenters. The number of carbonyl (C=O) groups is 1. The molecule has 4 aromatic rings. The van der Waals surface area contributed by atoms with Crippen molar-refractivity contribution in [1.29, 1.82) is 0 Å². The van der Waals surface area contributed by atoms with E-state index in [1.165, 1.54) is 11.3 Å². The van der Waals surface area contributed by atoms with Crippen molar-refractivity contribution >= 4 is 32.6 Å². The van der Waals surface area contributed by atoms with Gasteiger partial charge in [0.05, 0.1) is 15.9 Å². The van der Waals surface area contributed by atoms with Gasteiger partial charge in [-0.05, 0) is 36.8 Å². The molecule has 0 radical (unpaired) electrons. The van der Waals surface area contributed by atoms with E-state index in [1.807, 2.05) is 55.5 Å². The summed E-state index contributed by atoms with van der Waals surface area (Å²) in [5.74, 6) is -0.263. The first kappa shape index (κ1) is 14.6. The average molecular weight is 334 g/mol. The molecular formula is C18H14N4OS. The first-order valence-electron chi connectivity index (χ1n) is 7.49. The second-order valence-electron chi connectivity index (χ2n) is 5.38. The van der Waals surface area contributed by atoms with Crippen molar-refractivity contribution in [3.63, 3.8) is 0 Å². The van der Waals surface area contributed by atoms with E-state index < -0.39 is 0 Å². The molecule has 0 saturated heterocycles. The Labute approximate surface area is 142 Å². The molecule has 2 aromatic heterocycles. The van der Waals surface area contributed by atoms with E-state index in [0.29, 0.717) is 10.8 Å². The first-order valence-corrected chi connectivity index (χ1v) is 8.31. The lowest BCUT2D eigenvalue weighted by Crippen LogP contribution is -2.13. The molecule has 0 aliphatic heterocycles. The second kappa shape index (κ2) is 5.90. The number of para-hydroxylation sites is 2. The number of carbonyl (C=O) groups excluding carboxylic acids is 1. The predicted molar refractivity (Wildman–Crippen MR) is 95.9 cm³/mol. The summed E-state index contributed by atoms with van der Waals surface area (Å²) in [4.78, 5) is 16.9. The van der Waals surface area contributed by atoms with E-state index >= 15 is 0 Å². The lowest BCUT2D eigenvalue weighted by atomic mass is 10.2. The third kappa shape index (κ3) is 2.68. The third-order valence-corrected chi connectivity index (χ3v) is 4.62. The number of aryl methyl sites for hydroxylation is 1. The number of benzene rings is 2. The molecule has 5 nitrogen and oxygen atoms in total. The summed E-state index contributed by atoms with van der Waals surface area (Å²) in [5, 5.41) is 7.74. The third-order valence-electron chi connectivity index (χ3n) is 3.68. The van der Waals surface area contributed by atoms with Crippen LogP contribution in [0.1, 0.15) is 16.1 Å². The average Bonchev–Trinajstić information content (AvgIpc) is 3.23. The molecule has 0 aliphatic carbocycles. The molecule has 2 heterocycles. The van der Waals surface area contributed by atoms with Gasteiger partial charge in [-0.1, -0.05) is 41.7 Å². The molecule has 4 rings (SSSR count). The van der Waals surface area contributed by atoms with E-state index in [9.17, 15) is 4.79 Å². The topological polar surface area (TPSA) is 59.8 Å². The van der Waals surface area contributed by atoms with E-state index in [-0.39, 0.29) is 5.91 Å². The monoisotopic (exact) mass is 334 g/mol. The molecule has 0 unspecified atom stereocenters. The molecule has 6 heteroatoms. The van der Waals surface area contributed by atoms with E-state index in [0.717, 1.165) is 21.5 Å². The van der Waals surface area contributed by atoms with Crippen molar-refractivity contribution in [2.75, 3.05) is 5.32 Å². The Morgan fingerprint density at radius 1 is 1.08 bits per heavy atom. The van der Waals surface area contributed by atoms with Crippen LogP contribution in [-0.4, -0.2) is 20.7 Å². The zero-order chi connectivity index (χ0) is 16.5. The zero-order valence-corrected chi connectivity index (χ0v) is 13.7. The number of hydrogen-bond donors (Lipinski definition) is 1. The maximum absolute atomic E-state index is 12.4. The number of hydrogen-bond acceptors (Lipinski definition) is 4. The number of rotatable bonds is 3. The Morgan fingerprint density at radius 3 is 2.71 bits per heavy atom. The molecule has 118 valence electrons. The smallest absolute Gasteiger partial charge is 0.277 e. The molecular weight excluding hydrogens is 320 g/mol. The van der Waals surface area contributed by atoms with Gasteiger partial charge in [0, 0.05) is 6.20 Å². The number of nitrogens with one attached hydrogen (secondary N) is 1. The van der Waals surface area contributed by atoms with Gasteiger partial charge in [-0.25, -0.2) is 9.67 Å². The van der Waals surface area contributed by atoms with E-state index in [2.05, 4.69) is 15.4 Å². The standard InChI is InChI=1S/C18H14N4OS/c1-12-6-5-9-15-16(12)19-18(24-15)20-17(23)14-10-11-22(21-14)13-7-3-2-4-8-13/h2-11H,1H3,(H,19,20,23). The first-order chi connectivity index (χ1) is 11.7. The van der Waals surface area contributed by atoms with Gasteiger partial charge in [0.2, 0.25) is 0 Å². The van der Waals surface area contributed by atoms with Crippen LogP contribution in [0.2, 0.25) is 0 Å². The molecule has 0 bridgehead atoms. The van der Waals surface area contributed by atoms with Crippen molar-refractivity contribution in [2.45, 2.75) is 6.92 Å². The summed E-state index contributed by atoms with van der Waals surface area (Å²) in [6.07, 6.45) is 1.77. The minimum absolute atomic E-state index is 0.263. The van der Waals surface area contributed by atoms with Crippen molar-refractivity contribution in [3.05, 3.63) is 72.1 Å². The van der Waals surface area contributed by atoms with Crippen molar-refractivity contribution in [2.24, 2.45) is 0 Å². The lowest BCUT2D eigenvalue weighted by molar-refractivity contribution is 0.102. The fraction of sp³-hybridized carbons (Fsp3) is 0.0556. The van der Waals surface area contributed by atoms with Gasteiger partial charge in [0.25, 0.3) is 5.91 Å². The minimum atomic E-state index is -0.263. The number of thiazole rings is 1. The van der Waals surface area contributed by atoms with Gasteiger partial charge >= 0.3 is 0 Å². The number of anilines is 1. The second-order valence-corrected chi connectivity index (χ2v) is 6.41. The Kier molecular flexibility index (Phi) is 3.59. The highest BCUT2D eigenvalue weighted by Gasteiger charge is 2.13. The molecule has 0 fully saturated rings. The lowest BCUT2D eigenvalue weighted by Gasteiger charge is -2.00. The van der Waals surface area contributed by atoms with Crippen molar-refractivity contribution in [3.8, 4) is 5.69 Å². The normalized spacial score (nSPS) is 10.9. The fourth-order valence-corrected chi connectivity index (χ4v) is 3.41. The van der Waals surface area contributed by atoms with Gasteiger partial charge in [-0.15, -0.1) is 0 Å². The number of nitrogens with zero attached hydrogens (tertiary/aromatic N) is 3. The predicted octanol–water partition coefficient (Wildman–Crippen LogP) is 4.04. The number of aromatic nitrogens is 3. The summed E-state index contributed by atoms with van der Waals surface area (Å²) in [6, 6.07) is 17.4. The highest BCUT2D eigenvalue weighted by molar-refractivity contribution is 7.22. The summed E-state index contributed by atoms with van der Waals surface area (Å²) >= 11 is 1.46. The highest BCUT2D eigenvalue weighted by atomic mass is 32.1. The highest BCUT2D eigenvalue weighted by Crippen LogP contribution is 2.28. The summed E-state index contributed by atoms with van der Waals surface area (Å²) in [6.45, 7) is 2.01. The molecule has 0 spiro atoms. The van der Waals surface area contributed by atoms with Crippen LogP contribution in [0.5, 0.6) is 0 Å². The van der Waals surface area contributed by atoms with Crippen LogP contribution in [-0.2, 0) is 0 Å². The zero-order valence-electron chi connectivity index (χ0n) is 12.9. The number of amides is 1. The van der Waals surface area contributed by atoms with Crippen LogP contribution in [0.15, 0.2) is 60.8 Å². The Bertz CT molecular complexity index is 1020. The molecule has 1 N–H and O–H groups in total. The van der Waals surface area contributed by atoms with Crippen LogP contribution >= 0.6 is 11.3 Å². The Hall–Kier alpha value is -2.99. The molecule has 24 heavy (non-hydrogen) atoms. The SMILES string of the molecule is Cc1cccc2sc(NC(=O)c3ccn(-c4ccccc4)n3)nc12. The molecule has 1 amide bonds. The quantitative estimate of drug-likeness (QED) is 0.615. The van der Waals surface area contributed by atoms with Crippen LogP contribution < -0.4 is 5.32 Å². The van der Waals surface area contributed by atoms with Crippen molar-refractivity contribution in [1.82, 2.24) is 14.8 Å². The summed E-state index contributed by atoms with van der Waals surface area (Å²) < 4.78 is 2.73. The van der Waals surface area contributed by atoms with Crippen LogP contribution in [0.3, 0.4) is 0 Å². The molecule has 0 saturated carbocycles. The van der Waals surface area contributed by atoms with Gasteiger partial charge in [0.15, 0.2) is 10.8 Å². The van der Waals surface area contributed by atoms with Crippen LogP contribution in [0, 0.1) is 6.92 Å². The van der Waals surface area contributed by atoms with Gasteiger partial charge in [0.1, 0.15) is 0 Å². The maximum Gasteiger partial charge on any atom is 0.277 e. The summed E-state index contributed by atoms with van der Waals surface area (Å²) in [5.41, 5.74) is 3.28. The Morgan fingerprint density at radius 2 is 1.92 bits per heavy atom. The minimum Gasteiger partial charge on any atom is -0.296 e. The van der Waals surface area contributed by atoms with Crippen molar-refractivity contribution < 1.29 is 4.79 Å².